The number of nitrogens with one attached hydrogen (secondary N) is 2. The van der Waals surface area contributed by atoms with Gasteiger partial charge in [0.2, 0.25) is 5.75 Å². The third-order valence-corrected chi connectivity index (χ3v) is 7.61. The molecule has 0 aromatic heterocycles. The van der Waals surface area contributed by atoms with Crippen molar-refractivity contribution in [1.29, 1.82) is 0 Å². The van der Waals surface area contributed by atoms with Gasteiger partial charge in [-0.3, -0.25) is 14.4 Å². The van der Waals surface area contributed by atoms with E-state index >= 15 is 0 Å². The quantitative estimate of drug-likeness (QED) is 0.0710. The van der Waals surface area contributed by atoms with Gasteiger partial charge in [-0.1, -0.05) is 22.0 Å². The molecule has 4 rings (SSSR count). The van der Waals surface area contributed by atoms with Gasteiger partial charge in [-0.05, 0) is 76.6 Å². The van der Waals surface area contributed by atoms with Crippen molar-refractivity contribution in [2.45, 2.75) is 6.92 Å². The number of amides is 2. The van der Waals surface area contributed by atoms with Crippen molar-refractivity contribution in [2.75, 3.05) is 33.8 Å². The highest BCUT2D eigenvalue weighted by atomic mass is 79.9. The summed E-state index contributed by atoms with van der Waals surface area (Å²) in [7, 11) is 5.69. The summed E-state index contributed by atoms with van der Waals surface area (Å²) in [4.78, 5) is 50.4. The molecule has 0 unspecified atom stereocenters. The highest BCUT2D eigenvalue weighted by Gasteiger charge is 2.21. The lowest BCUT2D eigenvalue weighted by molar-refractivity contribution is -0.132. The molecule has 0 fully saturated rings. The SMILES string of the molecule is COc1cc(C(=O)Nc2cccc(C(=O)NN=Cc3cc(Br)cc(Br)c3OC(=O)c3cc(OC)c(OC)c(OC)c3)c2)ccc1OC(C)=O. The monoisotopic (exact) mass is 797 g/mol. The van der Waals surface area contributed by atoms with Gasteiger partial charge >= 0.3 is 11.9 Å². The summed E-state index contributed by atoms with van der Waals surface area (Å²) in [5.41, 5.74) is 3.67. The van der Waals surface area contributed by atoms with Crippen molar-refractivity contribution in [3.63, 3.8) is 0 Å². The second-order valence-corrected chi connectivity index (χ2v) is 11.6. The fourth-order valence-electron chi connectivity index (χ4n) is 4.35. The fraction of sp³-hybridized carbons (Fsp3) is 0.147. The molecule has 2 N–H and O–H groups in total. The van der Waals surface area contributed by atoms with E-state index in [0.29, 0.717) is 25.9 Å². The van der Waals surface area contributed by atoms with E-state index in [2.05, 4.69) is 47.7 Å². The molecule has 4 aromatic carbocycles. The molecule has 15 heteroatoms. The minimum atomic E-state index is -0.724. The number of nitrogens with zero attached hydrogens (tertiary/aromatic N) is 1. The van der Waals surface area contributed by atoms with Gasteiger partial charge in [0.05, 0.1) is 44.7 Å². The van der Waals surface area contributed by atoms with Gasteiger partial charge < -0.3 is 33.7 Å². The molecular formula is C34H29Br2N3O10. The number of hydrogen-bond acceptors (Lipinski definition) is 11. The summed E-state index contributed by atoms with van der Waals surface area (Å²) in [6.07, 6.45) is 1.31. The van der Waals surface area contributed by atoms with Gasteiger partial charge in [-0.25, -0.2) is 10.2 Å². The lowest BCUT2D eigenvalue weighted by Gasteiger charge is -2.15. The largest absolute Gasteiger partial charge is 0.493 e. The van der Waals surface area contributed by atoms with E-state index in [0.717, 1.165) is 0 Å². The first-order chi connectivity index (χ1) is 23.5. The third-order valence-electron chi connectivity index (χ3n) is 6.56. The number of rotatable bonds is 12. The third kappa shape index (κ3) is 9.15. The van der Waals surface area contributed by atoms with Crippen molar-refractivity contribution < 1.29 is 47.6 Å². The molecule has 13 nitrogen and oxygen atoms in total. The lowest BCUT2D eigenvalue weighted by Crippen LogP contribution is -2.18. The topological polar surface area (TPSA) is 160 Å². The molecule has 0 atom stereocenters. The molecule has 49 heavy (non-hydrogen) atoms. The number of anilines is 1. The zero-order chi connectivity index (χ0) is 35.7. The molecule has 0 heterocycles. The molecule has 0 saturated heterocycles. The molecule has 0 radical (unpaired) electrons. The maximum absolute atomic E-state index is 13.2. The number of ether oxygens (including phenoxy) is 6. The molecule has 0 bridgehead atoms. The average Bonchev–Trinajstić information content (AvgIpc) is 3.08. The zero-order valence-electron chi connectivity index (χ0n) is 26.7. The fourth-order valence-corrected chi connectivity index (χ4v) is 5.69. The van der Waals surface area contributed by atoms with Crippen molar-refractivity contribution >= 4 is 67.5 Å². The van der Waals surface area contributed by atoms with Crippen LogP contribution in [0.1, 0.15) is 43.6 Å². The van der Waals surface area contributed by atoms with Crippen LogP contribution in [0.2, 0.25) is 0 Å². The second-order valence-electron chi connectivity index (χ2n) is 9.80. The van der Waals surface area contributed by atoms with Gasteiger partial charge in [-0.2, -0.15) is 5.10 Å². The molecule has 254 valence electrons. The van der Waals surface area contributed by atoms with Crippen molar-refractivity contribution in [2.24, 2.45) is 5.10 Å². The van der Waals surface area contributed by atoms with Crippen LogP contribution in [0, 0.1) is 0 Å². The van der Waals surface area contributed by atoms with Crippen LogP contribution in [-0.4, -0.2) is 58.4 Å². The van der Waals surface area contributed by atoms with Gasteiger partial charge in [-0.15, -0.1) is 0 Å². The predicted octanol–water partition coefficient (Wildman–Crippen LogP) is 6.41. The molecule has 0 saturated carbocycles. The van der Waals surface area contributed by atoms with Crippen LogP contribution in [0.15, 0.2) is 80.8 Å². The number of hydrogen-bond donors (Lipinski definition) is 2. The number of carbonyl (C=O) groups is 4. The molecule has 0 aliphatic rings. The summed E-state index contributed by atoms with van der Waals surface area (Å²) in [6.45, 7) is 1.25. The van der Waals surface area contributed by atoms with Crippen LogP contribution in [0.4, 0.5) is 5.69 Å². The Balaban J connectivity index is 1.48. The van der Waals surface area contributed by atoms with Crippen LogP contribution in [0.5, 0.6) is 34.5 Å². The summed E-state index contributed by atoms with van der Waals surface area (Å²) >= 11 is 6.82. The summed E-state index contributed by atoms with van der Waals surface area (Å²) in [5.74, 6) is -0.969. The Labute approximate surface area is 297 Å². The normalized spacial score (nSPS) is 10.6. The maximum atomic E-state index is 13.2. The number of esters is 2. The lowest BCUT2D eigenvalue weighted by atomic mass is 10.1. The van der Waals surface area contributed by atoms with E-state index in [1.807, 2.05) is 0 Å². The maximum Gasteiger partial charge on any atom is 0.343 e. The van der Waals surface area contributed by atoms with Crippen molar-refractivity contribution in [1.82, 2.24) is 5.43 Å². The smallest absolute Gasteiger partial charge is 0.343 e. The average molecular weight is 799 g/mol. The van der Waals surface area contributed by atoms with Crippen LogP contribution in [0.3, 0.4) is 0 Å². The molecular weight excluding hydrogens is 770 g/mol. The van der Waals surface area contributed by atoms with Crippen molar-refractivity contribution in [3.05, 3.63) is 97.9 Å². The van der Waals surface area contributed by atoms with Gasteiger partial charge in [0.15, 0.2) is 28.7 Å². The van der Waals surface area contributed by atoms with E-state index in [-0.39, 0.29) is 45.4 Å². The molecule has 0 aliphatic heterocycles. The minimum absolute atomic E-state index is 0.127. The summed E-state index contributed by atoms with van der Waals surface area (Å²) in [5, 5.41) is 6.77. The zero-order valence-corrected chi connectivity index (χ0v) is 29.9. The van der Waals surface area contributed by atoms with Gasteiger partial charge in [0.1, 0.15) is 0 Å². The standard InChI is InChI=1S/C34H29Br2N3O10/c1-18(40)48-26-10-9-20(13-27(26)44-2)32(41)38-24-8-6-7-19(12-24)33(42)39-37-17-22-11-23(35)16-25(36)30(22)49-34(43)21-14-28(45-3)31(47-5)29(15-21)46-4/h6-17H,1-5H3,(H,38,41)(H,39,42). The Bertz CT molecular complexity index is 1920. The van der Waals surface area contributed by atoms with Crippen LogP contribution < -0.4 is 39.2 Å². The first-order valence-electron chi connectivity index (χ1n) is 14.1. The molecule has 0 aliphatic carbocycles. The van der Waals surface area contributed by atoms with E-state index in [9.17, 15) is 19.2 Å². The van der Waals surface area contributed by atoms with E-state index in [4.69, 9.17) is 28.4 Å². The van der Waals surface area contributed by atoms with Crippen LogP contribution in [-0.2, 0) is 4.79 Å². The first-order valence-corrected chi connectivity index (χ1v) is 15.7. The minimum Gasteiger partial charge on any atom is -0.493 e. The number of halogens is 2. The number of carbonyl (C=O) groups excluding carboxylic acids is 4. The van der Waals surface area contributed by atoms with Crippen LogP contribution >= 0.6 is 31.9 Å². The van der Waals surface area contributed by atoms with Gasteiger partial charge in [0.25, 0.3) is 11.8 Å². The Morgan fingerprint density at radius 3 is 1.96 bits per heavy atom. The first kappa shape index (κ1) is 36.4. The second kappa shape index (κ2) is 16.6. The number of hydrazone groups is 1. The summed E-state index contributed by atoms with van der Waals surface area (Å²) < 4.78 is 33.1. The Morgan fingerprint density at radius 1 is 0.673 bits per heavy atom. The van der Waals surface area contributed by atoms with E-state index in [1.54, 1.807) is 24.3 Å². The van der Waals surface area contributed by atoms with Gasteiger partial charge in [0, 0.05) is 33.8 Å². The highest BCUT2D eigenvalue weighted by Crippen LogP contribution is 2.39. The molecule has 4 aromatic rings. The van der Waals surface area contributed by atoms with Crippen LogP contribution in [0.25, 0.3) is 0 Å². The Morgan fingerprint density at radius 2 is 1.33 bits per heavy atom. The Hall–Kier alpha value is -5.41. The molecule has 2 amide bonds. The molecule has 0 spiro atoms. The Kier molecular flexibility index (Phi) is 12.4. The number of methoxy groups -OCH3 is 4. The summed E-state index contributed by atoms with van der Waals surface area (Å²) in [6, 6.07) is 16.8. The van der Waals surface area contributed by atoms with E-state index in [1.165, 1.54) is 84.0 Å². The van der Waals surface area contributed by atoms with Crippen molar-refractivity contribution in [3.8, 4) is 34.5 Å². The van der Waals surface area contributed by atoms with E-state index < -0.39 is 23.8 Å². The highest BCUT2D eigenvalue weighted by molar-refractivity contribution is 9.11. The predicted molar refractivity (Wildman–Crippen MR) is 187 cm³/mol. The number of benzene rings is 4.